The predicted octanol–water partition coefficient (Wildman–Crippen LogP) is 5.70. The molecule has 0 bridgehead atoms. The number of anilines is 1. The van der Waals surface area contributed by atoms with Crippen LogP contribution >= 0.6 is 36.9 Å². The summed E-state index contributed by atoms with van der Waals surface area (Å²) in [5.41, 5.74) is 8.34. The van der Waals surface area contributed by atoms with Gasteiger partial charge in [-0.05, 0) is 94.2 Å². The number of benzene rings is 1. The van der Waals surface area contributed by atoms with E-state index < -0.39 is 0 Å². The number of allylic oxidation sites excluding steroid dienone is 6. The third-order valence-electron chi connectivity index (χ3n) is 5.09. The van der Waals surface area contributed by atoms with Gasteiger partial charge in [0.1, 0.15) is 0 Å². The molecule has 1 unspecified atom stereocenters. The average molecular weight is 527 g/mol. The summed E-state index contributed by atoms with van der Waals surface area (Å²) in [5, 5.41) is 0. The molecule has 1 atom stereocenters. The van der Waals surface area contributed by atoms with Gasteiger partial charge in [-0.2, -0.15) is 0 Å². The maximum Gasteiger partial charge on any atom is 0.0379 e. The van der Waals surface area contributed by atoms with Gasteiger partial charge in [0.2, 0.25) is 0 Å². The largest absolute Gasteiger partial charge is 0.378 e. The van der Waals surface area contributed by atoms with Gasteiger partial charge in [0, 0.05) is 33.5 Å². The zero-order valence-corrected chi connectivity index (χ0v) is 20.4. The Kier molecular flexibility index (Phi) is 5.67. The van der Waals surface area contributed by atoms with Gasteiger partial charge < -0.3 is 4.90 Å². The predicted molar refractivity (Wildman–Crippen MR) is 129 cm³/mol. The van der Waals surface area contributed by atoms with Crippen LogP contribution in [0.25, 0.3) is 5.57 Å². The lowest BCUT2D eigenvalue weighted by molar-refractivity contribution is 0.625. The minimum absolute atomic E-state index is 0.00581. The number of alkyl halides is 1. The minimum atomic E-state index is -0.103. The van der Waals surface area contributed by atoms with Crippen molar-refractivity contribution in [2.45, 2.75) is 31.0 Å². The Morgan fingerprint density at radius 2 is 1.77 bits per heavy atom. The highest BCUT2D eigenvalue weighted by Crippen LogP contribution is 2.50. The smallest absolute Gasteiger partial charge is 0.0379 e. The fourth-order valence-electron chi connectivity index (χ4n) is 3.80. The summed E-state index contributed by atoms with van der Waals surface area (Å²) in [6, 6.07) is 6.92. The summed E-state index contributed by atoms with van der Waals surface area (Å²) >= 11 is 3.77. The molecule has 0 saturated carbocycles. The van der Waals surface area contributed by atoms with E-state index in [1.807, 2.05) is 0 Å². The number of fused-ring (bicyclic) bond motifs is 2. The first-order chi connectivity index (χ1) is 12.1. The second-order valence-corrected chi connectivity index (χ2v) is 12.9. The maximum absolute atomic E-state index is 3.87. The van der Waals surface area contributed by atoms with E-state index in [-0.39, 0.29) is 26.4 Å². The van der Waals surface area contributed by atoms with Gasteiger partial charge in [-0.15, -0.1) is 0 Å². The highest BCUT2D eigenvalue weighted by atomic mass is 127. The van der Waals surface area contributed by atoms with Crippen LogP contribution in [0.5, 0.6) is 0 Å². The minimum Gasteiger partial charge on any atom is -0.378 e. The van der Waals surface area contributed by atoms with E-state index in [0.717, 1.165) is 0 Å². The molecule has 0 radical (unpaired) electrons. The van der Waals surface area contributed by atoms with E-state index in [4.69, 9.17) is 0 Å². The van der Waals surface area contributed by atoms with Crippen molar-refractivity contribution >= 4 is 51.7 Å². The fourth-order valence-corrected chi connectivity index (χ4v) is 6.20. The van der Waals surface area contributed by atoms with Crippen LogP contribution in [0, 0.1) is 0 Å². The zero-order valence-electron chi connectivity index (χ0n) is 16.7. The lowest BCUT2D eigenvalue weighted by Crippen LogP contribution is -2.30. The fraction of sp³-hybridized carbons (Fsp3) is 0.409. The van der Waals surface area contributed by atoms with E-state index >= 15 is 0 Å². The zero-order chi connectivity index (χ0) is 19.2. The monoisotopic (exact) mass is 526 g/mol. The molecule has 1 aromatic rings. The lowest BCUT2D eigenvalue weighted by atomic mass is 9.65. The van der Waals surface area contributed by atoms with Crippen LogP contribution in [0.4, 0.5) is 5.69 Å². The topological polar surface area (TPSA) is 6.48 Å². The Bertz CT molecular complexity index is 855. The summed E-state index contributed by atoms with van der Waals surface area (Å²) in [5.74, 6) is 0. The highest BCUT2D eigenvalue weighted by molar-refractivity contribution is 14.2. The van der Waals surface area contributed by atoms with Crippen molar-refractivity contribution in [3.8, 4) is 0 Å². The van der Waals surface area contributed by atoms with Crippen molar-refractivity contribution in [1.82, 2.24) is 3.11 Å². The van der Waals surface area contributed by atoms with Crippen LogP contribution in [0.3, 0.4) is 0 Å². The molecule has 140 valence electrons. The standard InChI is InChI=1S/C22H28BrIN2/c1-14(23)21-17-10-8-15(24-26(6)7)12-19(17)22(2,3)20-13-16(25(4)5)9-11-18(20)21/h8-14H,1-7H3. The van der Waals surface area contributed by atoms with E-state index in [9.17, 15) is 0 Å². The van der Waals surface area contributed by atoms with Gasteiger partial charge in [0.05, 0.1) is 0 Å². The normalized spacial score (nSPS) is 21.1. The molecule has 1 aromatic carbocycles. The molecular weight excluding hydrogens is 499 g/mol. The molecule has 26 heavy (non-hydrogen) atoms. The van der Waals surface area contributed by atoms with E-state index in [1.54, 1.807) is 0 Å². The molecule has 0 fully saturated rings. The molecule has 0 heterocycles. The Morgan fingerprint density at radius 3 is 2.35 bits per heavy atom. The van der Waals surface area contributed by atoms with Gasteiger partial charge in [-0.3, -0.25) is 3.11 Å². The first-order valence-corrected chi connectivity index (χ1v) is 11.9. The molecule has 2 aliphatic rings. The van der Waals surface area contributed by atoms with Crippen molar-refractivity contribution in [3.05, 3.63) is 58.7 Å². The molecule has 2 aliphatic carbocycles. The number of hydrogen-bond donors (Lipinski definition) is 0. The molecule has 0 saturated heterocycles. The molecule has 4 heteroatoms. The van der Waals surface area contributed by atoms with Gasteiger partial charge in [-0.25, -0.2) is 0 Å². The van der Waals surface area contributed by atoms with Crippen LogP contribution in [0.1, 0.15) is 31.9 Å². The summed E-state index contributed by atoms with van der Waals surface area (Å²) in [7, 11) is 8.58. The Morgan fingerprint density at radius 1 is 1.08 bits per heavy atom. The Balaban J connectivity index is 2.30. The third-order valence-corrected chi connectivity index (χ3v) is 7.74. The third kappa shape index (κ3) is 3.52. The Labute approximate surface area is 176 Å². The Hall–Kier alpha value is -0.720. The molecule has 3 rings (SSSR count). The number of rotatable bonds is 3. The van der Waals surface area contributed by atoms with Crippen LogP contribution in [-0.2, 0) is 5.41 Å². The molecule has 0 spiro atoms. The SMILES string of the molecule is CC(Br)C1=C2C=CC(=IN(C)C)C=C2C(C)(C)c2cc(N(C)C)ccc21. The molecule has 0 aromatic heterocycles. The summed E-state index contributed by atoms with van der Waals surface area (Å²) in [6.07, 6.45) is 7.14. The average Bonchev–Trinajstić information content (AvgIpc) is 2.54. The number of hydrogen-bond acceptors (Lipinski definition) is 2. The van der Waals surface area contributed by atoms with Crippen LogP contribution in [0.15, 0.2) is 47.6 Å². The van der Waals surface area contributed by atoms with E-state index in [2.05, 4.69) is 109 Å². The van der Waals surface area contributed by atoms with Crippen molar-refractivity contribution < 1.29 is 0 Å². The summed E-state index contributed by atoms with van der Waals surface area (Å²) < 4.78 is 3.82. The van der Waals surface area contributed by atoms with Gasteiger partial charge >= 0.3 is 0 Å². The van der Waals surface area contributed by atoms with Crippen molar-refractivity contribution in [2.75, 3.05) is 33.1 Å². The van der Waals surface area contributed by atoms with Crippen LogP contribution in [-0.4, -0.2) is 39.6 Å². The van der Waals surface area contributed by atoms with E-state index in [1.165, 1.54) is 37.0 Å². The molecule has 0 N–H and O–H groups in total. The van der Waals surface area contributed by atoms with Gasteiger partial charge in [-0.1, -0.05) is 41.9 Å². The summed E-state index contributed by atoms with van der Waals surface area (Å²) in [4.78, 5) is 2.51. The molecule has 0 aliphatic heterocycles. The van der Waals surface area contributed by atoms with Crippen molar-refractivity contribution in [1.29, 1.82) is 0 Å². The van der Waals surface area contributed by atoms with E-state index in [0.29, 0.717) is 4.83 Å². The first-order valence-electron chi connectivity index (χ1n) is 8.93. The summed E-state index contributed by atoms with van der Waals surface area (Å²) in [6.45, 7) is 6.98. The van der Waals surface area contributed by atoms with Crippen LogP contribution in [0.2, 0.25) is 0 Å². The highest BCUT2D eigenvalue weighted by Gasteiger charge is 2.38. The van der Waals surface area contributed by atoms with Crippen molar-refractivity contribution in [3.63, 3.8) is 0 Å². The number of halogens is 2. The maximum atomic E-state index is 3.87. The van der Waals surface area contributed by atoms with Crippen LogP contribution < -0.4 is 4.90 Å². The molecule has 2 nitrogen and oxygen atoms in total. The van der Waals surface area contributed by atoms with Gasteiger partial charge in [0.15, 0.2) is 0 Å². The molecule has 0 amide bonds. The first kappa shape index (κ1) is 20.0. The molecular formula is C22H28BrIN2. The second-order valence-electron chi connectivity index (χ2n) is 7.84. The number of nitrogens with zero attached hydrogens (tertiary/aromatic N) is 2. The van der Waals surface area contributed by atoms with Crippen molar-refractivity contribution in [2.24, 2.45) is 0 Å². The van der Waals surface area contributed by atoms with Gasteiger partial charge in [0.25, 0.3) is 0 Å². The second kappa shape index (κ2) is 7.36. The quantitative estimate of drug-likeness (QED) is 0.283. The lowest BCUT2D eigenvalue weighted by Gasteiger charge is -2.40.